The number of sulfonamides is 1. The average Bonchev–Trinajstić information content (AvgIpc) is 2.73. The first-order valence-corrected chi connectivity index (χ1v) is 6.81. The number of hydrogen-bond acceptors (Lipinski definition) is 5. The summed E-state index contributed by atoms with van der Waals surface area (Å²) in [5, 5.41) is 7.33. The molecular weight excluding hydrogens is 254 g/mol. The molecule has 0 unspecified atom stereocenters. The van der Waals surface area contributed by atoms with Crippen molar-refractivity contribution in [2.24, 2.45) is 0 Å². The lowest BCUT2D eigenvalue weighted by atomic mass is 10.2. The Labute approximate surface area is 105 Å². The van der Waals surface area contributed by atoms with E-state index in [1.807, 2.05) is 6.92 Å². The van der Waals surface area contributed by atoms with Crippen molar-refractivity contribution in [3.8, 4) is 0 Å². The van der Waals surface area contributed by atoms with Gasteiger partial charge in [0.1, 0.15) is 0 Å². The van der Waals surface area contributed by atoms with Gasteiger partial charge in [0.05, 0.1) is 11.4 Å². The Morgan fingerprint density at radius 1 is 1.17 bits per heavy atom. The maximum Gasteiger partial charge on any atom is 0.241 e. The molecule has 0 saturated heterocycles. The van der Waals surface area contributed by atoms with Crippen LogP contribution in [-0.2, 0) is 16.6 Å². The van der Waals surface area contributed by atoms with Gasteiger partial charge >= 0.3 is 0 Å². The van der Waals surface area contributed by atoms with Gasteiger partial charge in [0.2, 0.25) is 21.8 Å². The molecule has 0 bridgehead atoms. The van der Waals surface area contributed by atoms with E-state index >= 15 is 0 Å². The summed E-state index contributed by atoms with van der Waals surface area (Å²) >= 11 is 0. The highest BCUT2D eigenvalue weighted by atomic mass is 32.2. The van der Waals surface area contributed by atoms with Crippen molar-refractivity contribution in [2.75, 3.05) is 0 Å². The zero-order chi connectivity index (χ0) is 13.2. The lowest BCUT2D eigenvalue weighted by Gasteiger charge is -2.04. The van der Waals surface area contributed by atoms with Crippen LogP contribution in [0.15, 0.2) is 33.6 Å². The molecule has 0 atom stereocenters. The molecule has 7 heteroatoms. The van der Waals surface area contributed by atoms with Gasteiger partial charge in [-0.2, -0.15) is 0 Å². The van der Waals surface area contributed by atoms with Crippen LogP contribution in [0.25, 0.3) is 0 Å². The molecule has 1 heterocycles. The van der Waals surface area contributed by atoms with Gasteiger partial charge in [0, 0.05) is 6.92 Å². The fourth-order valence-electron chi connectivity index (χ4n) is 1.37. The third kappa shape index (κ3) is 2.93. The van der Waals surface area contributed by atoms with E-state index in [0.29, 0.717) is 5.89 Å². The molecule has 1 N–H and O–H groups in total. The minimum atomic E-state index is -3.54. The molecular formula is C11H13N3O3S. The molecule has 0 aliphatic heterocycles. The number of hydrogen-bond donors (Lipinski definition) is 1. The van der Waals surface area contributed by atoms with Crippen LogP contribution in [0.4, 0.5) is 0 Å². The molecule has 18 heavy (non-hydrogen) atoms. The molecule has 2 rings (SSSR count). The van der Waals surface area contributed by atoms with E-state index in [4.69, 9.17) is 4.42 Å². The van der Waals surface area contributed by atoms with Crippen molar-refractivity contribution >= 4 is 10.0 Å². The van der Waals surface area contributed by atoms with Crippen molar-refractivity contribution in [3.63, 3.8) is 0 Å². The molecule has 0 aliphatic rings. The third-order valence-corrected chi connectivity index (χ3v) is 3.73. The monoisotopic (exact) mass is 267 g/mol. The van der Waals surface area contributed by atoms with Crippen LogP contribution >= 0.6 is 0 Å². The minimum absolute atomic E-state index is 0.0168. The molecule has 1 aromatic heterocycles. The van der Waals surface area contributed by atoms with E-state index in [9.17, 15) is 8.42 Å². The van der Waals surface area contributed by atoms with Gasteiger partial charge in [-0.15, -0.1) is 10.2 Å². The van der Waals surface area contributed by atoms with E-state index < -0.39 is 10.0 Å². The second-order valence-electron chi connectivity index (χ2n) is 3.85. The molecule has 0 aliphatic carbocycles. The molecule has 0 amide bonds. The van der Waals surface area contributed by atoms with Gasteiger partial charge in [-0.25, -0.2) is 13.1 Å². The molecule has 0 spiro atoms. The molecule has 6 nitrogen and oxygen atoms in total. The smallest absolute Gasteiger partial charge is 0.241 e. The van der Waals surface area contributed by atoms with E-state index in [1.165, 1.54) is 0 Å². The Morgan fingerprint density at radius 2 is 1.83 bits per heavy atom. The van der Waals surface area contributed by atoms with Gasteiger partial charge in [-0.3, -0.25) is 0 Å². The Bertz CT molecular complexity index is 632. The number of aryl methyl sites for hydroxylation is 2. The third-order valence-electron chi connectivity index (χ3n) is 2.31. The zero-order valence-corrected chi connectivity index (χ0v) is 10.9. The summed E-state index contributed by atoms with van der Waals surface area (Å²) in [6.07, 6.45) is 0. The second-order valence-corrected chi connectivity index (χ2v) is 5.62. The van der Waals surface area contributed by atoms with Gasteiger partial charge in [-0.05, 0) is 19.1 Å². The SMILES string of the molecule is Cc1ccc(S(=O)(=O)NCc2nnc(C)o2)cc1. The summed E-state index contributed by atoms with van der Waals surface area (Å²) in [5.41, 5.74) is 1.00. The largest absolute Gasteiger partial charge is 0.424 e. The number of nitrogens with one attached hydrogen (secondary N) is 1. The Hall–Kier alpha value is -1.73. The maximum absolute atomic E-state index is 11.9. The molecule has 0 radical (unpaired) electrons. The summed E-state index contributed by atoms with van der Waals surface area (Å²) in [6, 6.07) is 6.59. The van der Waals surface area contributed by atoms with Gasteiger partial charge in [0.15, 0.2) is 0 Å². The van der Waals surface area contributed by atoms with Gasteiger partial charge < -0.3 is 4.42 Å². The summed E-state index contributed by atoms with van der Waals surface area (Å²) in [5.74, 6) is 0.641. The summed E-state index contributed by atoms with van der Waals surface area (Å²) in [4.78, 5) is 0.212. The summed E-state index contributed by atoms with van der Waals surface area (Å²) < 4.78 is 31.3. The zero-order valence-electron chi connectivity index (χ0n) is 10.0. The first-order valence-electron chi connectivity index (χ1n) is 5.33. The number of rotatable bonds is 4. The van der Waals surface area contributed by atoms with Gasteiger partial charge in [0.25, 0.3) is 0 Å². The normalized spacial score (nSPS) is 11.7. The quantitative estimate of drug-likeness (QED) is 0.898. The number of aromatic nitrogens is 2. The predicted molar refractivity (Wildman–Crippen MR) is 64.2 cm³/mol. The van der Waals surface area contributed by atoms with E-state index in [2.05, 4.69) is 14.9 Å². The van der Waals surface area contributed by atoms with Crippen molar-refractivity contribution < 1.29 is 12.8 Å². The van der Waals surface area contributed by atoms with Crippen LogP contribution < -0.4 is 4.72 Å². The molecule has 0 fully saturated rings. The topological polar surface area (TPSA) is 85.1 Å². The fraction of sp³-hybridized carbons (Fsp3) is 0.273. The second kappa shape index (κ2) is 4.87. The molecule has 96 valence electrons. The highest BCUT2D eigenvalue weighted by molar-refractivity contribution is 7.89. The highest BCUT2D eigenvalue weighted by Gasteiger charge is 2.14. The van der Waals surface area contributed by atoms with Crippen LogP contribution in [0, 0.1) is 13.8 Å². The number of benzene rings is 1. The van der Waals surface area contributed by atoms with Crippen LogP contribution in [0.2, 0.25) is 0 Å². The van der Waals surface area contributed by atoms with Crippen LogP contribution in [0.1, 0.15) is 17.3 Å². The lowest BCUT2D eigenvalue weighted by Crippen LogP contribution is -2.23. The van der Waals surface area contributed by atoms with Crippen LogP contribution in [0.5, 0.6) is 0 Å². The van der Waals surface area contributed by atoms with E-state index in [1.54, 1.807) is 31.2 Å². The summed E-state index contributed by atoms with van der Waals surface area (Å²) in [6.45, 7) is 3.52. The number of nitrogens with zero attached hydrogens (tertiary/aromatic N) is 2. The van der Waals surface area contributed by atoms with E-state index in [-0.39, 0.29) is 17.3 Å². The van der Waals surface area contributed by atoms with Crippen molar-refractivity contribution in [3.05, 3.63) is 41.6 Å². The van der Waals surface area contributed by atoms with Crippen molar-refractivity contribution in [1.82, 2.24) is 14.9 Å². The highest BCUT2D eigenvalue weighted by Crippen LogP contribution is 2.10. The first kappa shape index (κ1) is 12.7. The van der Waals surface area contributed by atoms with Crippen molar-refractivity contribution in [1.29, 1.82) is 0 Å². The fourth-order valence-corrected chi connectivity index (χ4v) is 2.34. The Kier molecular flexibility index (Phi) is 3.44. The molecule has 1 aromatic carbocycles. The van der Waals surface area contributed by atoms with Crippen LogP contribution in [0.3, 0.4) is 0 Å². The van der Waals surface area contributed by atoms with Crippen LogP contribution in [-0.4, -0.2) is 18.6 Å². The Balaban J connectivity index is 2.10. The Morgan fingerprint density at radius 3 is 2.39 bits per heavy atom. The van der Waals surface area contributed by atoms with Crippen molar-refractivity contribution in [2.45, 2.75) is 25.3 Å². The predicted octanol–water partition coefficient (Wildman–Crippen LogP) is 1.16. The average molecular weight is 267 g/mol. The first-order chi connectivity index (χ1) is 8.47. The standard InChI is InChI=1S/C11H13N3O3S/c1-8-3-5-10(6-4-8)18(15,16)12-7-11-14-13-9(2)17-11/h3-6,12H,7H2,1-2H3. The molecule has 2 aromatic rings. The minimum Gasteiger partial charge on any atom is -0.424 e. The lowest BCUT2D eigenvalue weighted by molar-refractivity contribution is 0.460. The van der Waals surface area contributed by atoms with Gasteiger partial charge in [-0.1, -0.05) is 17.7 Å². The summed E-state index contributed by atoms with van der Waals surface area (Å²) in [7, 11) is -3.54. The van der Waals surface area contributed by atoms with E-state index in [0.717, 1.165) is 5.56 Å². The maximum atomic E-state index is 11.9. The molecule has 0 saturated carbocycles.